The van der Waals surface area contributed by atoms with Crippen molar-refractivity contribution in [1.82, 2.24) is 4.98 Å². The maximum Gasteiger partial charge on any atom is 0.140 e. The van der Waals surface area contributed by atoms with E-state index in [0.717, 1.165) is 35.2 Å². The predicted molar refractivity (Wildman–Crippen MR) is 61.5 cm³/mol. The monoisotopic (exact) mass is 258 g/mol. The minimum absolute atomic E-state index is 0.254. The van der Waals surface area contributed by atoms with Gasteiger partial charge in [-0.15, -0.1) is 0 Å². The minimum atomic E-state index is 0.254. The first-order chi connectivity index (χ1) is 6.74. The van der Waals surface area contributed by atoms with Crippen molar-refractivity contribution in [3.05, 3.63) is 22.3 Å². The molecular formula is C10H15BrN2O. The van der Waals surface area contributed by atoms with Gasteiger partial charge < -0.3 is 10.4 Å². The van der Waals surface area contributed by atoms with Crippen LogP contribution in [0.4, 0.5) is 5.82 Å². The second-order valence-corrected chi connectivity index (χ2v) is 4.05. The fraction of sp³-hybridized carbons (Fsp3) is 0.500. The first kappa shape index (κ1) is 11.5. The maximum absolute atomic E-state index is 8.60. The number of aryl methyl sites for hydroxylation is 1. The zero-order chi connectivity index (χ0) is 10.4. The van der Waals surface area contributed by atoms with E-state index in [9.17, 15) is 0 Å². The van der Waals surface area contributed by atoms with Crippen molar-refractivity contribution in [1.29, 1.82) is 0 Å². The molecule has 0 aliphatic carbocycles. The largest absolute Gasteiger partial charge is 0.396 e. The molecule has 1 aromatic rings. The molecule has 0 amide bonds. The molecule has 0 saturated heterocycles. The van der Waals surface area contributed by atoms with Gasteiger partial charge in [0.25, 0.3) is 0 Å². The minimum Gasteiger partial charge on any atom is -0.396 e. The number of rotatable bonds is 5. The Bertz CT molecular complexity index is 291. The number of hydrogen-bond acceptors (Lipinski definition) is 3. The lowest BCUT2D eigenvalue weighted by atomic mass is 10.3. The fourth-order valence-electron chi connectivity index (χ4n) is 1.11. The second-order valence-electron chi connectivity index (χ2n) is 3.20. The van der Waals surface area contributed by atoms with Crippen LogP contribution in [-0.2, 0) is 0 Å². The SMILES string of the molecule is Cc1cnc(NCCCCO)c(Br)c1. The summed E-state index contributed by atoms with van der Waals surface area (Å²) in [6.45, 7) is 3.10. The van der Waals surface area contributed by atoms with Crippen LogP contribution in [0.5, 0.6) is 0 Å². The Hall–Kier alpha value is -0.610. The molecule has 0 fully saturated rings. The van der Waals surface area contributed by atoms with Crippen LogP contribution >= 0.6 is 15.9 Å². The summed E-state index contributed by atoms with van der Waals surface area (Å²) in [5.41, 5.74) is 1.14. The Kier molecular flexibility index (Phi) is 4.90. The summed E-state index contributed by atoms with van der Waals surface area (Å²) in [5, 5.41) is 11.8. The summed E-state index contributed by atoms with van der Waals surface area (Å²) in [6, 6.07) is 2.03. The van der Waals surface area contributed by atoms with Crippen molar-refractivity contribution in [2.24, 2.45) is 0 Å². The third kappa shape index (κ3) is 3.64. The van der Waals surface area contributed by atoms with E-state index < -0.39 is 0 Å². The Morgan fingerprint density at radius 2 is 2.29 bits per heavy atom. The van der Waals surface area contributed by atoms with Crippen molar-refractivity contribution in [2.45, 2.75) is 19.8 Å². The molecule has 0 radical (unpaired) electrons. The predicted octanol–water partition coefficient (Wildman–Crippen LogP) is 2.34. The summed E-state index contributed by atoms with van der Waals surface area (Å²) in [7, 11) is 0. The number of anilines is 1. The third-order valence-electron chi connectivity index (χ3n) is 1.86. The smallest absolute Gasteiger partial charge is 0.140 e. The van der Waals surface area contributed by atoms with Gasteiger partial charge in [0.05, 0.1) is 4.47 Å². The average Bonchev–Trinajstić information content (AvgIpc) is 2.15. The Morgan fingerprint density at radius 1 is 1.50 bits per heavy atom. The molecule has 4 heteroatoms. The summed E-state index contributed by atoms with van der Waals surface area (Å²) >= 11 is 3.44. The molecule has 0 bridgehead atoms. The van der Waals surface area contributed by atoms with Gasteiger partial charge in [0, 0.05) is 19.3 Å². The van der Waals surface area contributed by atoms with E-state index in [0.29, 0.717) is 0 Å². The van der Waals surface area contributed by atoms with E-state index in [4.69, 9.17) is 5.11 Å². The van der Waals surface area contributed by atoms with E-state index in [2.05, 4.69) is 26.2 Å². The van der Waals surface area contributed by atoms with Gasteiger partial charge in [-0.05, 0) is 47.3 Å². The van der Waals surface area contributed by atoms with Crippen LogP contribution in [0.1, 0.15) is 18.4 Å². The molecule has 3 nitrogen and oxygen atoms in total. The van der Waals surface area contributed by atoms with Crippen molar-refractivity contribution in [3.8, 4) is 0 Å². The van der Waals surface area contributed by atoms with Gasteiger partial charge in [-0.2, -0.15) is 0 Å². The van der Waals surface area contributed by atoms with E-state index in [1.165, 1.54) is 0 Å². The third-order valence-corrected chi connectivity index (χ3v) is 2.46. The summed E-state index contributed by atoms with van der Waals surface area (Å²) < 4.78 is 0.987. The van der Waals surface area contributed by atoms with Crippen LogP contribution in [0.3, 0.4) is 0 Å². The number of nitrogens with zero attached hydrogens (tertiary/aromatic N) is 1. The van der Waals surface area contributed by atoms with Gasteiger partial charge in [-0.3, -0.25) is 0 Å². The number of hydrogen-bond donors (Lipinski definition) is 2. The lowest BCUT2D eigenvalue weighted by molar-refractivity contribution is 0.286. The van der Waals surface area contributed by atoms with Crippen molar-refractivity contribution in [3.63, 3.8) is 0 Å². The molecule has 0 aliphatic heterocycles. The first-order valence-electron chi connectivity index (χ1n) is 4.71. The highest BCUT2D eigenvalue weighted by atomic mass is 79.9. The van der Waals surface area contributed by atoms with Crippen molar-refractivity contribution >= 4 is 21.7 Å². The second kappa shape index (κ2) is 5.98. The normalized spacial score (nSPS) is 10.2. The van der Waals surface area contributed by atoms with E-state index in [1.807, 2.05) is 19.2 Å². The van der Waals surface area contributed by atoms with Crippen LogP contribution in [0.2, 0.25) is 0 Å². The van der Waals surface area contributed by atoms with Crippen LogP contribution < -0.4 is 5.32 Å². The lowest BCUT2D eigenvalue weighted by Crippen LogP contribution is -2.04. The Balaban J connectivity index is 2.42. The molecule has 0 atom stereocenters. The van der Waals surface area contributed by atoms with Gasteiger partial charge in [-0.1, -0.05) is 0 Å². The lowest BCUT2D eigenvalue weighted by Gasteiger charge is -2.07. The number of aliphatic hydroxyl groups excluding tert-OH is 1. The Labute approximate surface area is 92.7 Å². The summed E-state index contributed by atoms with van der Waals surface area (Å²) in [5.74, 6) is 0.869. The molecule has 0 aromatic carbocycles. The van der Waals surface area contributed by atoms with Gasteiger partial charge in [-0.25, -0.2) is 4.98 Å². The molecule has 0 aliphatic rings. The molecule has 0 spiro atoms. The molecule has 0 saturated carbocycles. The van der Waals surface area contributed by atoms with E-state index in [1.54, 1.807) is 0 Å². The molecule has 1 rings (SSSR count). The fourth-order valence-corrected chi connectivity index (χ4v) is 1.71. The summed E-state index contributed by atoms with van der Waals surface area (Å²) in [6.07, 6.45) is 3.62. The van der Waals surface area contributed by atoms with Gasteiger partial charge in [0.1, 0.15) is 5.82 Å². The molecule has 1 aromatic heterocycles. The topological polar surface area (TPSA) is 45.2 Å². The molecule has 2 N–H and O–H groups in total. The van der Waals surface area contributed by atoms with Gasteiger partial charge >= 0.3 is 0 Å². The molecule has 1 heterocycles. The number of pyridine rings is 1. The highest BCUT2D eigenvalue weighted by Gasteiger charge is 1.99. The standard InChI is InChI=1S/C10H15BrN2O/c1-8-6-9(11)10(13-7-8)12-4-2-3-5-14/h6-7,14H,2-5H2,1H3,(H,12,13). The van der Waals surface area contributed by atoms with Crippen molar-refractivity contribution < 1.29 is 5.11 Å². The van der Waals surface area contributed by atoms with Crippen molar-refractivity contribution in [2.75, 3.05) is 18.5 Å². The highest BCUT2D eigenvalue weighted by molar-refractivity contribution is 9.10. The van der Waals surface area contributed by atoms with Crippen LogP contribution in [0, 0.1) is 6.92 Å². The van der Waals surface area contributed by atoms with Crippen LogP contribution in [0.25, 0.3) is 0 Å². The molecule has 78 valence electrons. The molecule has 14 heavy (non-hydrogen) atoms. The van der Waals surface area contributed by atoms with Crippen LogP contribution in [0.15, 0.2) is 16.7 Å². The van der Waals surface area contributed by atoms with E-state index >= 15 is 0 Å². The zero-order valence-electron chi connectivity index (χ0n) is 8.26. The summed E-state index contributed by atoms with van der Waals surface area (Å²) in [4.78, 5) is 4.25. The van der Waals surface area contributed by atoms with Crippen LogP contribution in [-0.4, -0.2) is 23.2 Å². The number of unbranched alkanes of at least 4 members (excludes halogenated alkanes) is 1. The van der Waals surface area contributed by atoms with E-state index in [-0.39, 0.29) is 6.61 Å². The number of halogens is 1. The molecule has 0 unspecified atom stereocenters. The quantitative estimate of drug-likeness (QED) is 0.798. The number of aliphatic hydroxyl groups is 1. The van der Waals surface area contributed by atoms with Gasteiger partial charge in [0.15, 0.2) is 0 Å². The maximum atomic E-state index is 8.60. The molecular weight excluding hydrogens is 244 g/mol. The van der Waals surface area contributed by atoms with Gasteiger partial charge in [0.2, 0.25) is 0 Å². The first-order valence-corrected chi connectivity index (χ1v) is 5.50. The average molecular weight is 259 g/mol. The highest BCUT2D eigenvalue weighted by Crippen LogP contribution is 2.20. The Morgan fingerprint density at radius 3 is 2.93 bits per heavy atom. The zero-order valence-corrected chi connectivity index (χ0v) is 9.84. The number of nitrogens with one attached hydrogen (secondary N) is 1. The number of aromatic nitrogens is 1.